The van der Waals surface area contributed by atoms with E-state index in [2.05, 4.69) is 50.4 Å². The first-order valence-corrected chi connectivity index (χ1v) is 6.58. The molecule has 2 heteroatoms. The highest BCUT2D eigenvalue weighted by Crippen LogP contribution is 2.28. The molecule has 0 saturated heterocycles. The van der Waals surface area contributed by atoms with Crippen molar-refractivity contribution in [2.75, 3.05) is 12.4 Å². The molecule has 2 aromatic carbocycles. The van der Waals surface area contributed by atoms with Crippen LogP contribution in [0.3, 0.4) is 0 Å². The van der Waals surface area contributed by atoms with Crippen LogP contribution in [0.25, 0.3) is 0 Å². The molecule has 0 aliphatic carbocycles. The van der Waals surface area contributed by atoms with E-state index in [1.54, 1.807) is 7.11 Å². The number of ether oxygens (including phenoxy) is 1. The third-order valence-electron chi connectivity index (χ3n) is 3.36. The number of nitrogens with one attached hydrogen (secondary N) is 1. The van der Waals surface area contributed by atoms with E-state index >= 15 is 0 Å². The van der Waals surface area contributed by atoms with Gasteiger partial charge in [0.05, 0.1) is 13.2 Å². The quantitative estimate of drug-likeness (QED) is 0.869. The van der Waals surface area contributed by atoms with E-state index in [9.17, 15) is 0 Å². The van der Waals surface area contributed by atoms with Crippen LogP contribution < -0.4 is 10.1 Å². The highest BCUT2D eigenvalue weighted by molar-refractivity contribution is 5.54. The van der Waals surface area contributed by atoms with Gasteiger partial charge in [-0.25, -0.2) is 0 Å². The zero-order chi connectivity index (χ0) is 13.8. The number of aryl methyl sites for hydroxylation is 2. The second-order valence-corrected chi connectivity index (χ2v) is 4.93. The van der Waals surface area contributed by atoms with E-state index in [0.717, 1.165) is 5.75 Å². The van der Waals surface area contributed by atoms with Crippen LogP contribution in [0.5, 0.6) is 5.75 Å². The van der Waals surface area contributed by atoms with Crippen LogP contribution >= 0.6 is 0 Å². The van der Waals surface area contributed by atoms with E-state index in [1.165, 1.54) is 22.4 Å². The van der Waals surface area contributed by atoms with E-state index in [1.807, 2.05) is 18.2 Å². The van der Waals surface area contributed by atoms with Crippen molar-refractivity contribution in [3.63, 3.8) is 0 Å². The SMILES string of the molecule is COc1ccccc1C(C)Nc1ccc(C)cc1C. The van der Waals surface area contributed by atoms with Crippen molar-refractivity contribution in [2.45, 2.75) is 26.8 Å². The Bertz CT molecular complexity index is 563. The molecule has 100 valence electrons. The fraction of sp³-hybridized carbons (Fsp3) is 0.294. The summed E-state index contributed by atoms with van der Waals surface area (Å²) in [5, 5.41) is 3.55. The molecule has 0 aliphatic heterocycles. The normalized spacial score (nSPS) is 12.0. The van der Waals surface area contributed by atoms with Gasteiger partial charge in [0.25, 0.3) is 0 Å². The predicted molar refractivity (Wildman–Crippen MR) is 80.9 cm³/mol. The average Bonchev–Trinajstić information content (AvgIpc) is 2.41. The molecule has 0 heterocycles. The van der Waals surface area contributed by atoms with Crippen LogP contribution in [0.4, 0.5) is 5.69 Å². The first kappa shape index (κ1) is 13.5. The molecule has 1 unspecified atom stereocenters. The number of hydrogen-bond donors (Lipinski definition) is 1. The Labute approximate surface area is 115 Å². The highest BCUT2D eigenvalue weighted by Gasteiger charge is 2.11. The summed E-state index contributed by atoms with van der Waals surface area (Å²) in [6, 6.07) is 14.8. The van der Waals surface area contributed by atoms with Crippen molar-refractivity contribution in [1.82, 2.24) is 0 Å². The number of hydrogen-bond acceptors (Lipinski definition) is 2. The molecule has 0 saturated carbocycles. The third kappa shape index (κ3) is 3.08. The van der Waals surface area contributed by atoms with Crippen molar-refractivity contribution in [1.29, 1.82) is 0 Å². The number of benzene rings is 2. The van der Waals surface area contributed by atoms with Crippen LogP contribution in [0.15, 0.2) is 42.5 Å². The minimum Gasteiger partial charge on any atom is -0.496 e. The number of para-hydroxylation sites is 1. The first-order chi connectivity index (χ1) is 9.11. The van der Waals surface area contributed by atoms with Crippen molar-refractivity contribution in [3.8, 4) is 5.75 Å². The van der Waals surface area contributed by atoms with Crippen LogP contribution in [0.2, 0.25) is 0 Å². The molecule has 1 N–H and O–H groups in total. The lowest BCUT2D eigenvalue weighted by atomic mass is 10.1. The lowest BCUT2D eigenvalue weighted by molar-refractivity contribution is 0.408. The molecule has 2 aromatic rings. The summed E-state index contributed by atoms with van der Waals surface area (Å²) in [6.45, 7) is 6.39. The molecule has 2 nitrogen and oxygen atoms in total. The van der Waals surface area contributed by atoms with Gasteiger partial charge in [-0.3, -0.25) is 0 Å². The molecule has 0 aliphatic rings. The van der Waals surface area contributed by atoms with Gasteiger partial charge in [-0.15, -0.1) is 0 Å². The van der Waals surface area contributed by atoms with Gasteiger partial charge in [-0.2, -0.15) is 0 Å². The van der Waals surface area contributed by atoms with Gasteiger partial charge in [0.15, 0.2) is 0 Å². The van der Waals surface area contributed by atoms with Crippen molar-refractivity contribution >= 4 is 5.69 Å². The summed E-state index contributed by atoms with van der Waals surface area (Å²) in [4.78, 5) is 0. The molecule has 0 radical (unpaired) electrons. The summed E-state index contributed by atoms with van der Waals surface area (Å²) < 4.78 is 5.41. The van der Waals surface area contributed by atoms with Crippen molar-refractivity contribution in [3.05, 3.63) is 59.2 Å². The lowest BCUT2D eigenvalue weighted by Gasteiger charge is -2.19. The Kier molecular flexibility index (Phi) is 4.10. The summed E-state index contributed by atoms with van der Waals surface area (Å²) >= 11 is 0. The summed E-state index contributed by atoms with van der Waals surface area (Å²) in [6.07, 6.45) is 0. The van der Waals surface area contributed by atoms with Gasteiger partial charge in [-0.05, 0) is 38.5 Å². The molecule has 0 amide bonds. The van der Waals surface area contributed by atoms with E-state index < -0.39 is 0 Å². The monoisotopic (exact) mass is 255 g/mol. The smallest absolute Gasteiger partial charge is 0.124 e. The number of methoxy groups -OCH3 is 1. The molecular weight excluding hydrogens is 234 g/mol. The van der Waals surface area contributed by atoms with Gasteiger partial charge in [-0.1, -0.05) is 35.9 Å². The second kappa shape index (κ2) is 5.79. The Hall–Kier alpha value is -1.96. The van der Waals surface area contributed by atoms with Crippen LogP contribution in [-0.4, -0.2) is 7.11 Å². The molecule has 0 aromatic heterocycles. The van der Waals surface area contributed by atoms with Gasteiger partial charge in [0.2, 0.25) is 0 Å². The van der Waals surface area contributed by atoms with Crippen molar-refractivity contribution < 1.29 is 4.74 Å². The summed E-state index contributed by atoms with van der Waals surface area (Å²) in [5.74, 6) is 0.923. The Morgan fingerprint density at radius 3 is 2.47 bits per heavy atom. The second-order valence-electron chi connectivity index (χ2n) is 4.93. The predicted octanol–water partition coefficient (Wildman–Crippen LogP) is 4.49. The summed E-state index contributed by atoms with van der Waals surface area (Å²) in [5.41, 5.74) is 4.89. The van der Waals surface area contributed by atoms with Crippen LogP contribution in [-0.2, 0) is 0 Å². The van der Waals surface area contributed by atoms with E-state index in [4.69, 9.17) is 4.74 Å². The first-order valence-electron chi connectivity index (χ1n) is 6.58. The Morgan fingerprint density at radius 2 is 1.79 bits per heavy atom. The standard InChI is InChI=1S/C17H21NO/c1-12-9-10-16(13(2)11-12)18-14(3)15-7-5-6-8-17(15)19-4/h5-11,14,18H,1-4H3. The maximum atomic E-state index is 5.41. The maximum absolute atomic E-state index is 5.41. The topological polar surface area (TPSA) is 21.3 Å². The maximum Gasteiger partial charge on any atom is 0.124 e. The van der Waals surface area contributed by atoms with E-state index in [0.29, 0.717) is 0 Å². The molecule has 0 spiro atoms. The highest BCUT2D eigenvalue weighted by atomic mass is 16.5. The molecule has 1 atom stereocenters. The fourth-order valence-corrected chi connectivity index (χ4v) is 2.31. The minimum absolute atomic E-state index is 0.206. The molecule has 0 bridgehead atoms. The van der Waals surface area contributed by atoms with Gasteiger partial charge in [0.1, 0.15) is 5.75 Å². The minimum atomic E-state index is 0.206. The number of rotatable bonds is 4. The molecule has 2 rings (SSSR count). The summed E-state index contributed by atoms with van der Waals surface area (Å²) in [7, 11) is 1.71. The molecule has 0 fully saturated rings. The van der Waals surface area contributed by atoms with Crippen LogP contribution in [0.1, 0.15) is 29.7 Å². The average molecular weight is 255 g/mol. The third-order valence-corrected chi connectivity index (χ3v) is 3.36. The van der Waals surface area contributed by atoms with E-state index in [-0.39, 0.29) is 6.04 Å². The molecule has 19 heavy (non-hydrogen) atoms. The van der Waals surface area contributed by atoms with Crippen molar-refractivity contribution in [2.24, 2.45) is 0 Å². The van der Waals surface area contributed by atoms with Crippen LogP contribution in [0, 0.1) is 13.8 Å². The zero-order valence-corrected chi connectivity index (χ0v) is 12.0. The van der Waals surface area contributed by atoms with Gasteiger partial charge < -0.3 is 10.1 Å². The number of anilines is 1. The zero-order valence-electron chi connectivity index (χ0n) is 12.0. The van der Waals surface area contributed by atoms with Gasteiger partial charge >= 0.3 is 0 Å². The lowest BCUT2D eigenvalue weighted by Crippen LogP contribution is -2.09. The Morgan fingerprint density at radius 1 is 1.05 bits per heavy atom. The molecular formula is C17H21NO. The van der Waals surface area contributed by atoms with Gasteiger partial charge in [0, 0.05) is 11.3 Å². The largest absolute Gasteiger partial charge is 0.496 e. The Balaban J connectivity index is 2.23. The fourth-order valence-electron chi connectivity index (χ4n) is 2.31.